The van der Waals surface area contributed by atoms with Crippen LogP contribution in [0.4, 0.5) is 0 Å². The Morgan fingerprint density at radius 2 is 1.95 bits per heavy atom. The average molecular weight is 286 g/mol. The quantitative estimate of drug-likeness (QED) is 0.881. The van der Waals surface area contributed by atoms with E-state index in [0.717, 1.165) is 16.3 Å². The molecule has 1 aromatic heterocycles. The number of nitrogens with zero attached hydrogens (tertiary/aromatic N) is 1. The molecule has 2 N–H and O–H groups in total. The molecule has 2 aromatic rings. The van der Waals surface area contributed by atoms with Gasteiger partial charge in [-0.05, 0) is 44.7 Å². The van der Waals surface area contributed by atoms with Gasteiger partial charge in [-0.1, -0.05) is 18.2 Å². The molecule has 0 radical (unpaired) electrons. The highest BCUT2D eigenvalue weighted by molar-refractivity contribution is 5.87. The number of pyridine rings is 1. The number of hydrogen-bond acceptors (Lipinski definition) is 4. The summed E-state index contributed by atoms with van der Waals surface area (Å²) in [6, 6.07) is 7.87. The monoisotopic (exact) mass is 286 g/mol. The average Bonchev–Trinajstić information content (AvgIpc) is 2.37. The summed E-state index contributed by atoms with van der Waals surface area (Å²) in [7, 11) is 0. The molecule has 1 aromatic carbocycles. The van der Waals surface area contributed by atoms with Gasteiger partial charge < -0.3 is 10.5 Å². The van der Waals surface area contributed by atoms with Crippen LogP contribution in [0.15, 0.2) is 36.7 Å². The standard InChI is InChI=1S/C17H22N2O2/c1-16(2,3)21-15(20)17(4,18)10-12-6-5-7-13-11-19-9-8-14(12)13/h5-9,11H,10,18H2,1-4H3. The number of nitrogens with two attached hydrogens (primary N) is 1. The van der Waals surface area contributed by atoms with Crippen LogP contribution in [0.1, 0.15) is 33.3 Å². The lowest BCUT2D eigenvalue weighted by Gasteiger charge is -2.28. The van der Waals surface area contributed by atoms with Gasteiger partial charge in [-0.25, -0.2) is 0 Å². The summed E-state index contributed by atoms with van der Waals surface area (Å²) in [5, 5.41) is 2.10. The Hall–Kier alpha value is -1.94. The van der Waals surface area contributed by atoms with E-state index in [0.29, 0.717) is 6.42 Å². The lowest BCUT2D eigenvalue weighted by atomic mass is 9.91. The van der Waals surface area contributed by atoms with Crippen molar-refractivity contribution in [1.82, 2.24) is 4.98 Å². The Balaban J connectivity index is 2.28. The number of ether oxygens (including phenoxy) is 1. The molecule has 0 saturated heterocycles. The summed E-state index contributed by atoms with van der Waals surface area (Å²) >= 11 is 0. The Kier molecular flexibility index (Phi) is 4.01. The molecule has 1 unspecified atom stereocenters. The number of aromatic nitrogens is 1. The normalized spacial score (nSPS) is 14.7. The van der Waals surface area contributed by atoms with E-state index in [1.807, 2.05) is 45.0 Å². The smallest absolute Gasteiger partial charge is 0.326 e. The molecule has 1 heterocycles. The minimum atomic E-state index is -1.06. The topological polar surface area (TPSA) is 65.2 Å². The molecular formula is C17H22N2O2. The molecule has 0 amide bonds. The van der Waals surface area contributed by atoms with Crippen molar-refractivity contribution in [3.63, 3.8) is 0 Å². The van der Waals surface area contributed by atoms with Crippen LogP contribution in [0.5, 0.6) is 0 Å². The second-order valence-corrected chi connectivity index (χ2v) is 6.61. The van der Waals surface area contributed by atoms with Gasteiger partial charge in [0.1, 0.15) is 11.1 Å². The molecule has 2 rings (SSSR count). The Morgan fingerprint density at radius 3 is 2.62 bits per heavy atom. The molecule has 0 bridgehead atoms. The van der Waals surface area contributed by atoms with Crippen molar-refractivity contribution in [1.29, 1.82) is 0 Å². The first kappa shape index (κ1) is 15.4. The zero-order chi connectivity index (χ0) is 15.7. The van der Waals surface area contributed by atoms with E-state index in [4.69, 9.17) is 10.5 Å². The summed E-state index contributed by atoms with van der Waals surface area (Å²) in [6.45, 7) is 7.22. The minimum absolute atomic E-state index is 0.388. The van der Waals surface area contributed by atoms with Crippen LogP contribution in [0, 0.1) is 0 Å². The maximum Gasteiger partial charge on any atom is 0.326 e. The number of hydrogen-bond donors (Lipinski definition) is 1. The SMILES string of the molecule is CC(C)(C)OC(=O)C(C)(N)Cc1cccc2cnccc12. The molecular weight excluding hydrogens is 264 g/mol. The van der Waals surface area contributed by atoms with E-state index in [9.17, 15) is 4.79 Å². The highest BCUT2D eigenvalue weighted by Gasteiger charge is 2.33. The predicted octanol–water partition coefficient (Wildman–Crippen LogP) is 2.84. The Labute approximate surface area is 125 Å². The van der Waals surface area contributed by atoms with Gasteiger partial charge in [-0.2, -0.15) is 0 Å². The number of esters is 1. The van der Waals surface area contributed by atoms with E-state index in [1.165, 1.54) is 0 Å². The van der Waals surface area contributed by atoms with Crippen LogP contribution in [0.25, 0.3) is 10.8 Å². The fourth-order valence-electron chi connectivity index (χ4n) is 2.21. The third kappa shape index (κ3) is 3.79. The number of carbonyl (C=O) groups excluding carboxylic acids is 1. The molecule has 1 atom stereocenters. The minimum Gasteiger partial charge on any atom is -0.459 e. The maximum atomic E-state index is 12.3. The molecule has 4 nitrogen and oxygen atoms in total. The van der Waals surface area contributed by atoms with Crippen LogP contribution in [-0.2, 0) is 16.0 Å². The van der Waals surface area contributed by atoms with Gasteiger partial charge in [0.05, 0.1) is 0 Å². The second kappa shape index (κ2) is 5.45. The summed E-state index contributed by atoms with van der Waals surface area (Å²) in [5.41, 5.74) is 5.61. The van der Waals surface area contributed by atoms with Gasteiger partial charge >= 0.3 is 5.97 Å². The molecule has 0 aliphatic heterocycles. The highest BCUT2D eigenvalue weighted by Crippen LogP contribution is 2.23. The van der Waals surface area contributed by atoms with E-state index < -0.39 is 11.1 Å². The summed E-state index contributed by atoms with van der Waals surface area (Å²) in [5.74, 6) is -0.388. The fourth-order valence-corrected chi connectivity index (χ4v) is 2.21. The zero-order valence-corrected chi connectivity index (χ0v) is 13.0. The van der Waals surface area contributed by atoms with E-state index in [-0.39, 0.29) is 5.97 Å². The van der Waals surface area contributed by atoms with E-state index in [1.54, 1.807) is 19.3 Å². The predicted molar refractivity (Wildman–Crippen MR) is 83.9 cm³/mol. The van der Waals surface area contributed by atoms with Gasteiger partial charge in [0.15, 0.2) is 0 Å². The van der Waals surface area contributed by atoms with Gasteiger partial charge in [-0.3, -0.25) is 9.78 Å². The first-order valence-corrected chi connectivity index (χ1v) is 7.03. The van der Waals surface area contributed by atoms with E-state index in [2.05, 4.69) is 4.98 Å². The van der Waals surface area contributed by atoms with Crippen molar-refractivity contribution in [3.8, 4) is 0 Å². The third-order valence-electron chi connectivity index (χ3n) is 3.19. The van der Waals surface area contributed by atoms with Gasteiger partial charge in [0, 0.05) is 24.2 Å². The number of fused-ring (bicyclic) bond motifs is 1. The van der Waals surface area contributed by atoms with Crippen molar-refractivity contribution >= 4 is 16.7 Å². The van der Waals surface area contributed by atoms with Crippen molar-refractivity contribution < 1.29 is 9.53 Å². The van der Waals surface area contributed by atoms with Crippen LogP contribution in [0.3, 0.4) is 0 Å². The zero-order valence-electron chi connectivity index (χ0n) is 13.0. The van der Waals surface area contributed by atoms with Crippen molar-refractivity contribution in [2.75, 3.05) is 0 Å². The molecule has 112 valence electrons. The molecule has 0 aliphatic rings. The molecule has 0 aliphatic carbocycles. The highest BCUT2D eigenvalue weighted by atomic mass is 16.6. The van der Waals surface area contributed by atoms with Crippen molar-refractivity contribution in [3.05, 3.63) is 42.2 Å². The molecule has 0 saturated carbocycles. The first-order chi connectivity index (χ1) is 9.69. The summed E-state index contributed by atoms with van der Waals surface area (Å²) in [6.07, 6.45) is 3.97. The summed E-state index contributed by atoms with van der Waals surface area (Å²) in [4.78, 5) is 16.4. The van der Waals surface area contributed by atoms with Crippen LogP contribution < -0.4 is 5.73 Å². The number of carbonyl (C=O) groups is 1. The van der Waals surface area contributed by atoms with Crippen LogP contribution >= 0.6 is 0 Å². The molecule has 0 fully saturated rings. The molecule has 21 heavy (non-hydrogen) atoms. The van der Waals surface area contributed by atoms with Crippen LogP contribution in [0.2, 0.25) is 0 Å². The maximum absolute atomic E-state index is 12.3. The van der Waals surface area contributed by atoms with Crippen molar-refractivity contribution in [2.45, 2.75) is 45.3 Å². The van der Waals surface area contributed by atoms with Crippen molar-refractivity contribution in [2.24, 2.45) is 5.73 Å². The van der Waals surface area contributed by atoms with Gasteiger partial charge in [-0.15, -0.1) is 0 Å². The largest absolute Gasteiger partial charge is 0.459 e. The second-order valence-electron chi connectivity index (χ2n) is 6.61. The molecule has 0 spiro atoms. The lowest BCUT2D eigenvalue weighted by molar-refractivity contribution is -0.160. The number of rotatable bonds is 3. The molecule has 4 heteroatoms. The van der Waals surface area contributed by atoms with Crippen LogP contribution in [-0.4, -0.2) is 22.1 Å². The van der Waals surface area contributed by atoms with Gasteiger partial charge in [0.2, 0.25) is 0 Å². The third-order valence-corrected chi connectivity index (χ3v) is 3.19. The lowest BCUT2D eigenvalue weighted by Crippen LogP contribution is -2.50. The number of benzene rings is 1. The fraction of sp³-hybridized carbons (Fsp3) is 0.412. The van der Waals surface area contributed by atoms with Gasteiger partial charge in [0.25, 0.3) is 0 Å². The summed E-state index contributed by atoms with van der Waals surface area (Å²) < 4.78 is 5.41. The van der Waals surface area contributed by atoms with E-state index >= 15 is 0 Å². The Morgan fingerprint density at radius 1 is 1.24 bits per heavy atom. The first-order valence-electron chi connectivity index (χ1n) is 7.03. The Bertz CT molecular complexity index is 652.